The molecule has 20 heavy (non-hydrogen) atoms. The first-order chi connectivity index (χ1) is 9.65. The monoisotopic (exact) mass is 310 g/mol. The molecule has 2 atom stereocenters. The smallest absolute Gasteiger partial charge is 0.155 e. The molecule has 0 amide bonds. The molecule has 0 aliphatic carbocycles. The highest BCUT2D eigenvalue weighted by molar-refractivity contribution is 6.42. The molecule has 0 aromatic heterocycles. The number of benzene rings is 1. The Morgan fingerprint density at radius 2 is 1.95 bits per heavy atom. The van der Waals surface area contributed by atoms with Crippen LogP contribution < -0.4 is 4.90 Å². The molecular weight excluding hydrogens is 293 g/mol. The molecule has 5 rings (SSSR count). The Hall–Kier alpha value is -0.770. The Morgan fingerprint density at radius 1 is 1.20 bits per heavy atom. The molecule has 106 valence electrons. The van der Waals surface area contributed by atoms with Gasteiger partial charge >= 0.3 is 0 Å². The van der Waals surface area contributed by atoms with Crippen molar-refractivity contribution in [2.75, 3.05) is 20.1 Å². The van der Waals surface area contributed by atoms with Crippen molar-refractivity contribution in [2.24, 2.45) is 11.0 Å². The largest absolute Gasteiger partial charge is 0.326 e. The molecule has 4 aliphatic heterocycles. The molecule has 0 saturated carbocycles. The number of piperidine rings is 3. The van der Waals surface area contributed by atoms with Crippen LogP contribution in [0.1, 0.15) is 24.4 Å². The Balaban J connectivity index is 1.74. The Kier molecular flexibility index (Phi) is 2.99. The zero-order chi connectivity index (χ0) is 13.9. The summed E-state index contributed by atoms with van der Waals surface area (Å²) in [6, 6.07) is 6.81. The van der Waals surface area contributed by atoms with Gasteiger partial charge < -0.3 is 4.90 Å². The fourth-order valence-electron chi connectivity index (χ4n) is 4.15. The minimum Gasteiger partial charge on any atom is -0.326 e. The van der Waals surface area contributed by atoms with Crippen LogP contribution in [0.5, 0.6) is 0 Å². The lowest BCUT2D eigenvalue weighted by Gasteiger charge is -2.42. The topological polar surface area (TPSA) is 20.0 Å². The minimum atomic E-state index is 0.304. The maximum absolute atomic E-state index is 6.20. The van der Waals surface area contributed by atoms with Crippen molar-refractivity contribution in [1.82, 2.24) is 5.01 Å². The predicted molar refractivity (Wildman–Crippen MR) is 81.6 cm³/mol. The van der Waals surface area contributed by atoms with E-state index >= 15 is 0 Å². The summed E-state index contributed by atoms with van der Waals surface area (Å²) in [6.45, 7) is 2.56. The second-order valence-electron chi connectivity index (χ2n) is 6.13. The van der Waals surface area contributed by atoms with Gasteiger partial charge in [0.15, 0.2) is 6.04 Å². The fraction of sp³-hybridized carbons (Fsp3) is 0.533. The van der Waals surface area contributed by atoms with Gasteiger partial charge in [-0.1, -0.05) is 29.3 Å². The zero-order valence-corrected chi connectivity index (χ0v) is 13.0. The molecule has 2 bridgehead atoms. The molecule has 0 spiro atoms. The minimum absolute atomic E-state index is 0.304. The highest BCUT2D eigenvalue weighted by Crippen LogP contribution is 2.37. The van der Waals surface area contributed by atoms with Crippen molar-refractivity contribution in [3.05, 3.63) is 33.8 Å². The lowest BCUT2D eigenvalue weighted by atomic mass is 9.78. The molecular formula is C15H18Cl2N3+. The summed E-state index contributed by atoms with van der Waals surface area (Å²) in [4.78, 5) is 1.69. The average molecular weight is 311 g/mol. The number of fused-ring (bicyclic) bond motifs is 2. The van der Waals surface area contributed by atoms with E-state index in [4.69, 9.17) is 28.3 Å². The van der Waals surface area contributed by atoms with Crippen LogP contribution in [0.25, 0.3) is 0 Å². The quantitative estimate of drug-likeness (QED) is 0.841. The van der Waals surface area contributed by atoms with Gasteiger partial charge in [0, 0.05) is 25.8 Å². The van der Waals surface area contributed by atoms with Crippen LogP contribution in [0, 0.1) is 5.92 Å². The third-order valence-corrected chi connectivity index (χ3v) is 5.82. The number of hydrogen-bond donors (Lipinski definition) is 1. The number of nitrogens with zero attached hydrogens (tertiary/aromatic N) is 2. The normalized spacial score (nSPS) is 35.1. The van der Waals surface area contributed by atoms with Gasteiger partial charge in [-0.15, -0.1) is 0 Å². The standard InChI is InChI=1S/C15H17Cl2N3/c1-19-14(10-2-3-11(16)12(17)8-10)15-13(18-19)9-4-6-20(15)7-5-9/h2-3,8-9,14-15H,4-7H2,1H3/p+1/t14-,15-/m0/s1. The van der Waals surface area contributed by atoms with E-state index in [1.165, 1.54) is 37.2 Å². The van der Waals surface area contributed by atoms with Crippen molar-refractivity contribution in [3.8, 4) is 0 Å². The van der Waals surface area contributed by atoms with Gasteiger partial charge in [-0.2, -0.15) is 5.10 Å². The van der Waals surface area contributed by atoms with E-state index in [2.05, 4.69) is 18.1 Å². The molecule has 3 nitrogen and oxygen atoms in total. The highest BCUT2D eigenvalue weighted by Gasteiger charge is 2.52. The molecule has 5 heteroatoms. The molecule has 1 N–H and O–H groups in total. The van der Waals surface area contributed by atoms with Gasteiger partial charge in [0.05, 0.1) is 23.1 Å². The van der Waals surface area contributed by atoms with E-state index in [0.717, 1.165) is 0 Å². The number of hydrogen-bond acceptors (Lipinski definition) is 2. The Labute approximate surface area is 129 Å². The fourth-order valence-corrected chi connectivity index (χ4v) is 4.46. The van der Waals surface area contributed by atoms with Crippen molar-refractivity contribution in [1.29, 1.82) is 0 Å². The van der Waals surface area contributed by atoms with Crippen LogP contribution >= 0.6 is 23.2 Å². The van der Waals surface area contributed by atoms with Crippen molar-refractivity contribution >= 4 is 28.9 Å². The molecule has 3 saturated heterocycles. The van der Waals surface area contributed by atoms with E-state index in [9.17, 15) is 0 Å². The number of halogens is 2. The molecule has 0 unspecified atom stereocenters. The first-order valence-corrected chi connectivity index (χ1v) is 8.01. The van der Waals surface area contributed by atoms with E-state index in [0.29, 0.717) is 28.0 Å². The van der Waals surface area contributed by atoms with Gasteiger partial charge in [-0.25, -0.2) is 0 Å². The first kappa shape index (κ1) is 12.9. The van der Waals surface area contributed by atoms with Crippen molar-refractivity contribution < 1.29 is 4.90 Å². The summed E-state index contributed by atoms with van der Waals surface area (Å²) >= 11 is 12.2. The van der Waals surface area contributed by atoms with Crippen LogP contribution in [0.15, 0.2) is 23.3 Å². The number of quaternary nitrogens is 1. The molecule has 3 fully saturated rings. The second-order valence-corrected chi connectivity index (χ2v) is 6.94. The third kappa shape index (κ3) is 1.80. The SMILES string of the molecule is CN1N=C2C3CC[NH+](CC3)[C@@H]2[C@@H]1c1ccc(Cl)c(Cl)c1. The maximum Gasteiger partial charge on any atom is 0.155 e. The summed E-state index contributed by atoms with van der Waals surface area (Å²) in [6.07, 6.45) is 2.60. The van der Waals surface area contributed by atoms with Gasteiger partial charge in [-0.3, -0.25) is 5.01 Å². The van der Waals surface area contributed by atoms with Crippen LogP contribution in [-0.4, -0.2) is 36.9 Å². The number of likely N-dealkylation sites (N-methyl/N-ethyl adjacent to an activating group) is 1. The summed E-state index contributed by atoms with van der Waals surface area (Å²) in [7, 11) is 2.08. The van der Waals surface area contributed by atoms with Crippen molar-refractivity contribution in [2.45, 2.75) is 24.9 Å². The van der Waals surface area contributed by atoms with E-state index in [1.54, 1.807) is 4.90 Å². The van der Waals surface area contributed by atoms with Gasteiger partial charge in [0.1, 0.15) is 11.8 Å². The predicted octanol–water partition coefficient (Wildman–Crippen LogP) is 2.01. The molecule has 0 radical (unpaired) electrons. The number of hydrazone groups is 1. The molecule has 4 aliphatic rings. The maximum atomic E-state index is 6.20. The van der Waals surface area contributed by atoms with Crippen LogP contribution in [0.2, 0.25) is 10.0 Å². The van der Waals surface area contributed by atoms with E-state index in [1.807, 2.05) is 12.1 Å². The van der Waals surface area contributed by atoms with E-state index in [-0.39, 0.29) is 0 Å². The third-order valence-electron chi connectivity index (χ3n) is 5.08. The van der Waals surface area contributed by atoms with Gasteiger partial charge in [-0.05, 0) is 17.7 Å². The summed E-state index contributed by atoms with van der Waals surface area (Å²) in [5.41, 5.74) is 2.64. The van der Waals surface area contributed by atoms with Crippen LogP contribution in [0.4, 0.5) is 0 Å². The van der Waals surface area contributed by atoms with Gasteiger partial charge in [0.2, 0.25) is 0 Å². The molecule has 1 aromatic rings. The first-order valence-electron chi connectivity index (χ1n) is 7.26. The highest BCUT2D eigenvalue weighted by atomic mass is 35.5. The second kappa shape index (κ2) is 4.62. The summed E-state index contributed by atoms with van der Waals surface area (Å²) in [5, 5.41) is 8.24. The van der Waals surface area contributed by atoms with Crippen molar-refractivity contribution in [3.63, 3.8) is 0 Å². The Bertz CT molecular complexity index is 578. The van der Waals surface area contributed by atoms with E-state index < -0.39 is 0 Å². The zero-order valence-electron chi connectivity index (χ0n) is 11.4. The van der Waals surface area contributed by atoms with Crippen LogP contribution in [0.3, 0.4) is 0 Å². The summed E-state index contributed by atoms with van der Waals surface area (Å²) < 4.78 is 0. The number of rotatable bonds is 1. The number of nitrogens with one attached hydrogen (secondary N) is 1. The average Bonchev–Trinajstić information content (AvgIpc) is 2.82. The van der Waals surface area contributed by atoms with Gasteiger partial charge in [0.25, 0.3) is 0 Å². The van der Waals surface area contributed by atoms with Crippen LogP contribution in [-0.2, 0) is 0 Å². The molecule has 4 heterocycles. The lowest BCUT2D eigenvalue weighted by Crippen LogP contribution is -3.20. The lowest BCUT2D eigenvalue weighted by molar-refractivity contribution is -0.928. The molecule has 1 aromatic carbocycles. The Morgan fingerprint density at radius 3 is 2.65 bits per heavy atom. The summed E-state index contributed by atoms with van der Waals surface area (Å²) in [5.74, 6) is 0.702.